The summed E-state index contributed by atoms with van der Waals surface area (Å²) in [5, 5.41) is 9.67. The Hall–Kier alpha value is -2.02. The van der Waals surface area contributed by atoms with E-state index in [0.29, 0.717) is 5.56 Å². The van der Waals surface area contributed by atoms with Crippen molar-refractivity contribution in [3.05, 3.63) is 35.9 Å². The van der Waals surface area contributed by atoms with Crippen molar-refractivity contribution in [1.29, 1.82) is 0 Å². The third-order valence-corrected chi connectivity index (χ3v) is 5.38. The number of carboxylic acid groups (broad SMARTS) is 1. The quantitative estimate of drug-likeness (QED) is 0.617. The number of amides is 1. The minimum Gasteiger partial charge on any atom is -0.480 e. The summed E-state index contributed by atoms with van der Waals surface area (Å²) in [6.45, 7) is 3.36. The molecule has 1 saturated heterocycles. The van der Waals surface area contributed by atoms with E-state index in [4.69, 9.17) is 4.74 Å². The van der Waals surface area contributed by atoms with Crippen molar-refractivity contribution in [3.63, 3.8) is 0 Å². The Bertz CT molecular complexity index is 665. The number of rotatable bonds is 5. The van der Waals surface area contributed by atoms with Gasteiger partial charge in [-0.15, -0.1) is 0 Å². The molecule has 25 heavy (non-hydrogen) atoms. The maximum Gasteiger partial charge on any atom is 0.326 e. The number of benzene rings is 1. The number of carbonyl (C=O) groups excluding carboxylic acids is 2. The Labute approximate surface area is 152 Å². The highest BCUT2D eigenvalue weighted by Crippen LogP contribution is 2.51. The molecule has 1 aromatic rings. The highest BCUT2D eigenvalue weighted by atomic mass is 32.1. The second-order valence-corrected chi connectivity index (χ2v) is 6.97. The fraction of sp³-hybridized carbons (Fsp3) is 0.500. The number of hydrogen-bond acceptors (Lipinski definition) is 5. The van der Waals surface area contributed by atoms with Gasteiger partial charge in [-0.1, -0.05) is 37.3 Å². The molecule has 2 rings (SSSR count). The van der Waals surface area contributed by atoms with Gasteiger partial charge in [0.05, 0.1) is 18.6 Å². The Morgan fingerprint density at radius 3 is 2.44 bits per heavy atom. The molecule has 1 heterocycles. The summed E-state index contributed by atoms with van der Waals surface area (Å²) in [5.41, 5.74) is -0.440. The van der Waals surface area contributed by atoms with Crippen LogP contribution in [0, 0.1) is 11.3 Å². The van der Waals surface area contributed by atoms with Gasteiger partial charge in [0, 0.05) is 11.7 Å². The van der Waals surface area contributed by atoms with Crippen molar-refractivity contribution >= 4 is 30.5 Å². The summed E-state index contributed by atoms with van der Waals surface area (Å²) in [6, 6.07) is 7.20. The molecule has 0 bridgehead atoms. The predicted molar refractivity (Wildman–Crippen MR) is 95.2 cm³/mol. The van der Waals surface area contributed by atoms with Crippen LogP contribution in [0.15, 0.2) is 30.3 Å². The minimum atomic E-state index is -1.15. The molecule has 7 heteroatoms. The molecule has 0 saturated carbocycles. The molecule has 1 fully saturated rings. The van der Waals surface area contributed by atoms with Gasteiger partial charge in [-0.25, -0.2) is 4.79 Å². The Morgan fingerprint density at radius 1 is 1.36 bits per heavy atom. The number of hydrogen-bond donors (Lipinski definition) is 2. The summed E-state index contributed by atoms with van der Waals surface area (Å²) in [4.78, 5) is 38.6. The lowest BCUT2D eigenvalue weighted by Gasteiger charge is -2.35. The van der Waals surface area contributed by atoms with Crippen molar-refractivity contribution in [2.24, 2.45) is 11.3 Å². The van der Waals surface area contributed by atoms with Crippen molar-refractivity contribution in [3.8, 4) is 0 Å². The molecular weight excluding hydrogens is 342 g/mol. The number of aliphatic carboxylic acids is 1. The van der Waals surface area contributed by atoms with Gasteiger partial charge in [-0.3, -0.25) is 9.59 Å². The highest BCUT2D eigenvalue weighted by Gasteiger charge is 2.59. The monoisotopic (exact) mass is 365 g/mol. The van der Waals surface area contributed by atoms with E-state index < -0.39 is 35.4 Å². The van der Waals surface area contributed by atoms with Crippen LogP contribution in [0.25, 0.3) is 0 Å². The summed E-state index contributed by atoms with van der Waals surface area (Å²) < 4.78 is 4.95. The van der Waals surface area contributed by atoms with Crippen LogP contribution in [-0.4, -0.2) is 46.8 Å². The van der Waals surface area contributed by atoms with Crippen LogP contribution in [-0.2, 0) is 19.1 Å². The number of esters is 1. The summed E-state index contributed by atoms with van der Waals surface area (Å²) in [7, 11) is 1.27. The molecule has 1 aliphatic heterocycles. The van der Waals surface area contributed by atoms with Crippen LogP contribution >= 0.6 is 12.6 Å². The molecule has 0 spiro atoms. The number of nitrogens with zero attached hydrogens (tertiary/aromatic N) is 1. The molecular formula is C18H23NO5S. The summed E-state index contributed by atoms with van der Waals surface area (Å²) in [6.07, 6.45) is -0.000398. The molecule has 1 N–H and O–H groups in total. The van der Waals surface area contributed by atoms with Gasteiger partial charge in [0.1, 0.15) is 6.04 Å². The Morgan fingerprint density at radius 2 is 1.96 bits per heavy atom. The van der Waals surface area contributed by atoms with Gasteiger partial charge in [0.25, 0.3) is 0 Å². The van der Waals surface area contributed by atoms with E-state index in [1.807, 2.05) is 6.07 Å². The van der Waals surface area contributed by atoms with Crippen LogP contribution in [0.4, 0.5) is 0 Å². The molecule has 136 valence electrons. The second-order valence-electron chi connectivity index (χ2n) is 6.61. The average Bonchev–Trinajstić information content (AvgIpc) is 2.95. The summed E-state index contributed by atoms with van der Waals surface area (Å²) >= 11 is 4.16. The SMILES string of the molecule is COC(=O)[C@@]1(C)C[C@@H](C(=O)O)N(C(=O)[C@H](C)CS)[C@H]1c1ccccc1. The number of carbonyl (C=O) groups is 3. The van der Waals surface area contributed by atoms with Crippen molar-refractivity contribution in [1.82, 2.24) is 4.90 Å². The maximum atomic E-state index is 12.9. The van der Waals surface area contributed by atoms with Gasteiger partial charge < -0.3 is 14.7 Å². The zero-order valence-electron chi connectivity index (χ0n) is 14.5. The Balaban J connectivity index is 2.63. The smallest absolute Gasteiger partial charge is 0.326 e. The van der Waals surface area contributed by atoms with Crippen LogP contribution in [0.1, 0.15) is 31.9 Å². The Kier molecular flexibility index (Phi) is 5.77. The normalized spacial score (nSPS) is 27.0. The number of likely N-dealkylation sites (tertiary alicyclic amines) is 1. The van der Waals surface area contributed by atoms with Gasteiger partial charge in [0.2, 0.25) is 5.91 Å². The lowest BCUT2D eigenvalue weighted by atomic mass is 9.78. The van der Waals surface area contributed by atoms with Crippen LogP contribution in [0.2, 0.25) is 0 Å². The molecule has 0 aromatic heterocycles. The lowest BCUT2D eigenvalue weighted by molar-refractivity contribution is -0.155. The first-order valence-corrected chi connectivity index (χ1v) is 8.70. The van der Waals surface area contributed by atoms with Crippen molar-refractivity contribution in [2.75, 3.05) is 12.9 Å². The molecule has 1 aliphatic rings. The van der Waals surface area contributed by atoms with Crippen molar-refractivity contribution < 1.29 is 24.2 Å². The second kappa shape index (κ2) is 7.47. The van der Waals surface area contributed by atoms with E-state index >= 15 is 0 Å². The highest BCUT2D eigenvalue weighted by molar-refractivity contribution is 7.80. The molecule has 6 nitrogen and oxygen atoms in total. The topological polar surface area (TPSA) is 83.9 Å². The van der Waals surface area contributed by atoms with E-state index in [9.17, 15) is 19.5 Å². The third-order valence-electron chi connectivity index (χ3n) is 4.84. The van der Waals surface area contributed by atoms with Crippen molar-refractivity contribution in [2.45, 2.75) is 32.4 Å². The van der Waals surface area contributed by atoms with E-state index in [1.165, 1.54) is 12.0 Å². The predicted octanol–water partition coefficient (Wildman–Crippen LogP) is 2.16. The lowest BCUT2D eigenvalue weighted by Crippen LogP contribution is -2.46. The van der Waals surface area contributed by atoms with Crippen LogP contribution in [0.5, 0.6) is 0 Å². The molecule has 4 atom stereocenters. The largest absolute Gasteiger partial charge is 0.480 e. The number of carboxylic acids is 1. The number of methoxy groups -OCH3 is 1. The number of ether oxygens (including phenoxy) is 1. The molecule has 1 amide bonds. The zero-order valence-corrected chi connectivity index (χ0v) is 15.4. The first-order chi connectivity index (χ1) is 11.8. The fourth-order valence-corrected chi connectivity index (χ4v) is 3.67. The van der Waals surface area contributed by atoms with Gasteiger partial charge >= 0.3 is 11.9 Å². The molecule has 1 aromatic carbocycles. The van der Waals surface area contributed by atoms with E-state index in [1.54, 1.807) is 38.1 Å². The van der Waals surface area contributed by atoms with Gasteiger partial charge in [-0.2, -0.15) is 12.6 Å². The molecule has 0 unspecified atom stereocenters. The van der Waals surface area contributed by atoms with E-state index in [-0.39, 0.29) is 18.1 Å². The average molecular weight is 365 g/mol. The first kappa shape index (κ1) is 19.3. The van der Waals surface area contributed by atoms with E-state index in [0.717, 1.165) is 0 Å². The van der Waals surface area contributed by atoms with E-state index in [2.05, 4.69) is 12.6 Å². The third kappa shape index (κ3) is 3.38. The first-order valence-electron chi connectivity index (χ1n) is 8.07. The summed E-state index contributed by atoms with van der Waals surface area (Å²) in [5.74, 6) is -2.16. The standard InChI is InChI=1S/C18H23NO5S/c1-11(10-25)15(20)19-13(16(21)22)9-18(2,17(23)24-3)14(19)12-7-5-4-6-8-12/h4-8,11,13-14,25H,9-10H2,1-3H3,(H,21,22)/t11-,13+,14+,18+/m1/s1. The molecule has 0 radical (unpaired) electrons. The van der Waals surface area contributed by atoms with Crippen LogP contribution < -0.4 is 0 Å². The fourth-order valence-electron chi connectivity index (χ4n) is 3.51. The number of thiol groups is 1. The zero-order chi connectivity index (χ0) is 18.8. The van der Waals surface area contributed by atoms with Gasteiger partial charge in [-0.05, 0) is 18.9 Å². The van der Waals surface area contributed by atoms with Crippen LogP contribution in [0.3, 0.4) is 0 Å². The maximum absolute atomic E-state index is 12.9. The van der Waals surface area contributed by atoms with Gasteiger partial charge in [0.15, 0.2) is 0 Å². The molecule has 0 aliphatic carbocycles. The minimum absolute atomic E-state index is 0.000398.